The fourth-order valence-corrected chi connectivity index (χ4v) is 1.88. The third-order valence-corrected chi connectivity index (χ3v) is 3.01. The van der Waals surface area contributed by atoms with E-state index in [-0.39, 0.29) is 27.6 Å². The number of carboxylic acids is 1. The molecule has 7 heteroatoms. The highest BCUT2D eigenvalue weighted by molar-refractivity contribution is 6.34. The van der Waals surface area contributed by atoms with Crippen LogP contribution in [0.4, 0.5) is 5.69 Å². The van der Waals surface area contributed by atoms with Gasteiger partial charge in [0.15, 0.2) is 0 Å². The van der Waals surface area contributed by atoms with E-state index in [9.17, 15) is 19.8 Å². The molecule has 0 saturated carbocycles. The minimum atomic E-state index is -1.28. The molecule has 1 amide bonds. The van der Waals surface area contributed by atoms with Gasteiger partial charge in [0.05, 0.1) is 10.6 Å². The lowest BCUT2D eigenvalue weighted by atomic mass is 10.1. The van der Waals surface area contributed by atoms with Gasteiger partial charge in [-0.1, -0.05) is 11.6 Å². The van der Waals surface area contributed by atoms with Crippen molar-refractivity contribution in [3.63, 3.8) is 0 Å². The van der Waals surface area contributed by atoms with Gasteiger partial charge < -0.3 is 20.6 Å². The molecule has 21 heavy (non-hydrogen) atoms. The predicted octanol–water partition coefficient (Wildman–Crippen LogP) is 2.70. The summed E-state index contributed by atoms with van der Waals surface area (Å²) in [6, 6.07) is 7.51. The highest BCUT2D eigenvalue weighted by Gasteiger charge is 2.14. The number of carbonyl (C=O) groups is 2. The van der Waals surface area contributed by atoms with Gasteiger partial charge in [0, 0.05) is 11.8 Å². The number of aromatic hydroxyl groups is 2. The lowest BCUT2D eigenvalue weighted by molar-refractivity contribution is 0.0693. The topological polar surface area (TPSA) is 107 Å². The Labute approximate surface area is 124 Å². The van der Waals surface area contributed by atoms with Crippen molar-refractivity contribution in [1.82, 2.24) is 0 Å². The second-order valence-corrected chi connectivity index (χ2v) is 4.56. The van der Waals surface area contributed by atoms with E-state index in [2.05, 4.69) is 5.32 Å². The molecule has 4 N–H and O–H groups in total. The van der Waals surface area contributed by atoms with Crippen LogP contribution >= 0.6 is 11.6 Å². The molecular weight excluding hydrogens is 298 g/mol. The molecule has 2 aromatic carbocycles. The molecule has 6 nitrogen and oxygen atoms in total. The first-order chi connectivity index (χ1) is 9.88. The fraction of sp³-hybridized carbons (Fsp3) is 0. The summed E-state index contributed by atoms with van der Waals surface area (Å²) in [4.78, 5) is 22.8. The van der Waals surface area contributed by atoms with Crippen LogP contribution < -0.4 is 5.32 Å². The van der Waals surface area contributed by atoms with Crippen LogP contribution in [0, 0.1) is 0 Å². The zero-order valence-electron chi connectivity index (χ0n) is 10.5. The molecule has 0 radical (unpaired) electrons. The maximum Gasteiger partial charge on any atom is 0.339 e. The van der Waals surface area contributed by atoms with E-state index in [1.165, 1.54) is 24.3 Å². The Balaban J connectivity index is 2.26. The Bertz CT molecular complexity index is 729. The van der Waals surface area contributed by atoms with Crippen molar-refractivity contribution in [1.29, 1.82) is 0 Å². The predicted molar refractivity (Wildman–Crippen MR) is 76.1 cm³/mol. The van der Waals surface area contributed by atoms with Crippen molar-refractivity contribution in [2.24, 2.45) is 0 Å². The number of amides is 1. The zero-order valence-corrected chi connectivity index (χ0v) is 11.3. The first-order valence-corrected chi connectivity index (χ1v) is 6.12. The molecule has 0 unspecified atom stereocenters. The third kappa shape index (κ3) is 3.24. The quantitative estimate of drug-likeness (QED) is 0.697. The van der Waals surface area contributed by atoms with Gasteiger partial charge >= 0.3 is 5.97 Å². The first-order valence-electron chi connectivity index (χ1n) is 5.74. The van der Waals surface area contributed by atoms with E-state index < -0.39 is 17.6 Å². The Hall–Kier alpha value is -2.73. The minimum absolute atomic E-state index is 0.0541. The highest BCUT2D eigenvalue weighted by atomic mass is 35.5. The van der Waals surface area contributed by atoms with Crippen molar-refractivity contribution in [2.75, 3.05) is 5.32 Å². The van der Waals surface area contributed by atoms with Gasteiger partial charge in [0.1, 0.15) is 17.1 Å². The Kier molecular flexibility index (Phi) is 4.00. The van der Waals surface area contributed by atoms with Crippen molar-refractivity contribution in [3.05, 3.63) is 52.5 Å². The van der Waals surface area contributed by atoms with Crippen LogP contribution in [0.15, 0.2) is 36.4 Å². The molecule has 0 fully saturated rings. The Morgan fingerprint density at radius 1 is 1.00 bits per heavy atom. The van der Waals surface area contributed by atoms with Crippen molar-refractivity contribution < 1.29 is 24.9 Å². The van der Waals surface area contributed by atoms with Crippen LogP contribution in [0.3, 0.4) is 0 Å². The average Bonchev–Trinajstić information content (AvgIpc) is 2.41. The summed E-state index contributed by atoms with van der Waals surface area (Å²) in [5, 5.41) is 30.3. The molecule has 0 spiro atoms. The normalized spacial score (nSPS) is 10.1. The summed E-state index contributed by atoms with van der Waals surface area (Å²) >= 11 is 5.86. The van der Waals surface area contributed by atoms with Crippen LogP contribution in [0.5, 0.6) is 11.5 Å². The van der Waals surface area contributed by atoms with E-state index in [0.717, 1.165) is 12.1 Å². The number of rotatable bonds is 3. The number of hydrogen-bond acceptors (Lipinski definition) is 4. The molecule has 108 valence electrons. The number of nitrogens with one attached hydrogen (secondary N) is 1. The monoisotopic (exact) mass is 307 g/mol. The first kappa shape index (κ1) is 14.7. The van der Waals surface area contributed by atoms with Crippen LogP contribution in [-0.2, 0) is 0 Å². The molecule has 0 bridgehead atoms. The number of carbonyl (C=O) groups excluding carboxylic acids is 1. The number of halogens is 1. The minimum Gasteiger partial charge on any atom is -0.508 e. The van der Waals surface area contributed by atoms with Crippen LogP contribution in [0.1, 0.15) is 20.7 Å². The number of carboxylic acid groups (broad SMARTS) is 1. The molecule has 2 rings (SSSR count). The summed E-state index contributed by atoms with van der Waals surface area (Å²) < 4.78 is 0. The molecule has 0 heterocycles. The molecule has 0 aliphatic rings. The Morgan fingerprint density at radius 2 is 1.71 bits per heavy atom. The van der Waals surface area contributed by atoms with Gasteiger partial charge in [-0.2, -0.15) is 0 Å². The summed E-state index contributed by atoms with van der Waals surface area (Å²) in [5.74, 6) is -2.46. The average molecular weight is 308 g/mol. The molecule has 0 aliphatic heterocycles. The molecule has 0 aromatic heterocycles. The molecule has 0 aliphatic carbocycles. The highest BCUT2D eigenvalue weighted by Crippen LogP contribution is 2.25. The van der Waals surface area contributed by atoms with Crippen LogP contribution in [0.2, 0.25) is 5.02 Å². The number of anilines is 1. The van der Waals surface area contributed by atoms with Crippen LogP contribution in [-0.4, -0.2) is 27.2 Å². The largest absolute Gasteiger partial charge is 0.508 e. The summed E-state index contributed by atoms with van der Waals surface area (Å²) in [6.07, 6.45) is 0. The van der Waals surface area contributed by atoms with E-state index in [0.29, 0.717) is 0 Å². The van der Waals surface area contributed by atoms with E-state index in [1.807, 2.05) is 0 Å². The lowest BCUT2D eigenvalue weighted by Gasteiger charge is -2.08. The van der Waals surface area contributed by atoms with Gasteiger partial charge in [-0.05, 0) is 30.3 Å². The third-order valence-electron chi connectivity index (χ3n) is 2.68. The smallest absolute Gasteiger partial charge is 0.339 e. The van der Waals surface area contributed by atoms with Gasteiger partial charge in [-0.3, -0.25) is 4.79 Å². The van der Waals surface area contributed by atoms with Crippen LogP contribution in [0.25, 0.3) is 0 Å². The number of aromatic carboxylic acids is 1. The van der Waals surface area contributed by atoms with Crippen molar-refractivity contribution >= 4 is 29.2 Å². The number of benzene rings is 2. The maximum atomic E-state index is 12.0. The molecule has 0 atom stereocenters. The maximum absolute atomic E-state index is 12.0. The van der Waals surface area contributed by atoms with E-state index in [4.69, 9.17) is 16.7 Å². The van der Waals surface area contributed by atoms with Gasteiger partial charge in [-0.15, -0.1) is 0 Å². The van der Waals surface area contributed by atoms with E-state index in [1.54, 1.807) is 0 Å². The molecular formula is C14H10ClNO5. The summed E-state index contributed by atoms with van der Waals surface area (Å²) in [5.41, 5.74) is -0.0243. The second-order valence-electron chi connectivity index (χ2n) is 4.16. The summed E-state index contributed by atoms with van der Waals surface area (Å²) in [7, 11) is 0. The number of phenols is 2. The SMILES string of the molecule is O=C(O)c1ccc(NC(=O)c2cc(O)ccc2Cl)cc1O. The van der Waals surface area contributed by atoms with Gasteiger partial charge in [0.25, 0.3) is 5.91 Å². The number of hydrogen-bond donors (Lipinski definition) is 4. The second kappa shape index (κ2) is 5.72. The number of phenolic OH excluding ortho intramolecular Hbond substituents is 1. The standard InChI is InChI=1S/C14H10ClNO5/c15-11-4-2-8(17)6-10(11)13(19)16-7-1-3-9(14(20)21)12(18)5-7/h1-6,17-18H,(H,16,19)(H,20,21). The van der Waals surface area contributed by atoms with Crippen molar-refractivity contribution in [2.45, 2.75) is 0 Å². The zero-order chi connectivity index (χ0) is 15.6. The lowest BCUT2D eigenvalue weighted by Crippen LogP contribution is -2.12. The van der Waals surface area contributed by atoms with E-state index >= 15 is 0 Å². The molecule has 2 aromatic rings. The van der Waals surface area contributed by atoms with Gasteiger partial charge in [-0.25, -0.2) is 4.79 Å². The van der Waals surface area contributed by atoms with Gasteiger partial charge in [0.2, 0.25) is 0 Å². The van der Waals surface area contributed by atoms with Crippen molar-refractivity contribution in [3.8, 4) is 11.5 Å². The molecule has 0 saturated heterocycles. The fourth-order valence-electron chi connectivity index (χ4n) is 1.68. The summed E-state index contributed by atoms with van der Waals surface area (Å²) in [6.45, 7) is 0. The Morgan fingerprint density at radius 3 is 2.33 bits per heavy atom.